The van der Waals surface area contributed by atoms with Gasteiger partial charge in [0.25, 0.3) is 0 Å². The van der Waals surface area contributed by atoms with E-state index in [1.807, 2.05) is 12.1 Å². The fraction of sp³-hybridized carbons (Fsp3) is 0.533. The number of piperidine rings is 1. The fourth-order valence-corrected chi connectivity index (χ4v) is 3.37. The highest BCUT2D eigenvalue weighted by Crippen LogP contribution is 2.39. The lowest BCUT2D eigenvalue weighted by Gasteiger charge is -2.35. The molecule has 1 aromatic carbocycles. The van der Waals surface area contributed by atoms with Crippen LogP contribution in [0.1, 0.15) is 30.7 Å². The van der Waals surface area contributed by atoms with Gasteiger partial charge in [-0.15, -0.1) is 0 Å². The van der Waals surface area contributed by atoms with Crippen LogP contribution in [-0.4, -0.2) is 31.5 Å². The summed E-state index contributed by atoms with van der Waals surface area (Å²) in [6, 6.07) is 7.17. The molecule has 4 atom stereocenters. The topological polar surface area (TPSA) is 47.6 Å². The van der Waals surface area contributed by atoms with E-state index in [1.165, 1.54) is 19.2 Å². The molecule has 0 radical (unpaired) electrons. The molecule has 2 saturated heterocycles. The molecular formula is C15H18FNO3. The molecule has 0 saturated carbocycles. The first-order valence-corrected chi connectivity index (χ1v) is 6.93. The highest BCUT2D eigenvalue weighted by Gasteiger charge is 2.43. The van der Waals surface area contributed by atoms with Gasteiger partial charge in [-0.2, -0.15) is 0 Å². The first kappa shape index (κ1) is 13.4. The van der Waals surface area contributed by atoms with Crippen LogP contribution in [0.3, 0.4) is 0 Å². The Kier molecular flexibility index (Phi) is 3.61. The summed E-state index contributed by atoms with van der Waals surface area (Å²) in [4.78, 5) is 11.3. The number of halogens is 1. The van der Waals surface area contributed by atoms with E-state index in [-0.39, 0.29) is 23.9 Å². The Morgan fingerprint density at radius 2 is 1.95 bits per heavy atom. The van der Waals surface area contributed by atoms with Crippen molar-refractivity contribution in [2.75, 3.05) is 7.11 Å². The van der Waals surface area contributed by atoms with E-state index < -0.39 is 6.16 Å². The number of hydrogen-bond donors (Lipinski definition) is 1. The van der Waals surface area contributed by atoms with Crippen LogP contribution in [0.4, 0.5) is 9.18 Å². The highest BCUT2D eigenvalue weighted by atomic mass is 19.1. The average molecular weight is 279 g/mol. The van der Waals surface area contributed by atoms with Crippen molar-refractivity contribution in [1.82, 2.24) is 5.32 Å². The zero-order chi connectivity index (χ0) is 14.1. The van der Waals surface area contributed by atoms with Crippen molar-refractivity contribution < 1.29 is 18.7 Å². The third-order valence-corrected chi connectivity index (χ3v) is 4.35. The minimum absolute atomic E-state index is 0.184. The molecule has 4 nitrogen and oxygen atoms in total. The van der Waals surface area contributed by atoms with E-state index in [1.54, 1.807) is 0 Å². The van der Waals surface area contributed by atoms with Gasteiger partial charge in [0.15, 0.2) is 0 Å². The van der Waals surface area contributed by atoms with Crippen molar-refractivity contribution in [3.05, 3.63) is 35.6 Å². The molecular weight excluding hydrogens is 261 g/mol. The molecule has 2 unspecified atom stereocenters. The van der Waals surface area contributed by atoms with Crippen molar-refractivity contribution in [3.63, 3.8) is 0 Å². The number of rotatable bonds is 2. The first-order valence-electron chi connectivity index (χ1n) is 6.93. The quantitative estimate of drug-likeness (QED) is 0.845. The lowest BCUT2D eigenvalue weighted by Crippen LogP contribution is -2.49. The molecule has 5 heteroatoms. The van der Waals surface area contributed by atoms with Crippen LogP contribution in [0.2, 0.25) is 0 Å². The molecule has 2 heterocycles. The van der Waals surface area contributed by atoms with Crippen molar-refractivity contribution in [2.24, 2.45) is 0 Å². The van der Waals surface area contributed by atoms with Crippen LogP contribution >= 0.6 is 0 Å². The summed E-state index contributed by atoms with van der Waals surface area (Å²) < 4.78 is 23.0. The molecule has 2 bridgehead atoms. The van der Waals surface area contributed by atoms with Gasteiger partial charge in [0, 0.05) is 18.0 Å². The summed E-state index contributed by atoms with van der Waals surface area (Å²) in [5.74, 6) is 0.00758. The summed E-state index contributed by atoms with van der Waals surface area (Å²) in [7, 11) is 1.31. The highest BCUT2D eigenvalue weighted by molar-refractivity contribution is 5.60. The predicted molar refractivity (Wildman–Crippen MR) is 71.0 cm³/mol. The van der Waals surface area contributed by atoms with Crippen LogP contribution in [0.25, 0.3) is 0 Å². The van der Waals surface area contributed by atoms with Crippen LogP contribution in [0.5, 0.6) is 0 Å². The number of methoxy groups -OCH3 is 1. The van der Waals surface area contributed by atoms with Crippen LogP contribution < -0.4 is 5.32 Å². The second kappa shape index (κ2) is 5.40. The van der Waals surface area contributed by atoms with Crippen molar-refractivity contribution in [2.45, 2.75) is 43.4 Å². The second-order valence-corrected chi connectivity index (χ2v) is 5.46. The van der Waals surface area contributed by atoms with E-state index in [2.05, 4.69) is 10.1 Å². The number of fused-ring (bicyclic) bond motifs is 2. The van der Waals surface area contributed by atoms with Gasteiger partial charge in [-0.05, 0) is 37.0 Å². The molecule has 2 fully saturated rings. The van der Waals surface area contributed by atoms with Crippen molar-refractivity contribution >= 4 is 6.16 Å². The molecule has 108 valence electrons. The Hall–Kier alpha value is -1.62. The van der Waals surface area contributed by atoms with Gasteiger partial charge in [-0.25, -0.2) is 9.18 Å². The first-order chi connectivity index (χ1) is 9.67. The zero-order valence-corrected chi connectivity index (χ0v) is 11.3. The van der Waals surface area contributed by atoms with Crippen LogP contribution in [0, 0.1) is 5.82 Å². The van der Waals surface area contributed by atoms with E-state index in [9.17, 15) is 9.18 Å². The molecule has 0 amide bonds. The normalized spacial score (nSPS) is 31.9. The van der Waals surface area contributed by atoms with Crippen LogP contribution in [0.15, 0.2) is 24.3 Å². The Morgan fingerprint density at radius 3 is 2.65 bits per heavy atom. The second-order valence-electron chi connectivity index (χ2n) is 5.46. The minimum atomic E-state index is -0.639. The molecule has 2 aliphatic heterocycles. The standard InChI is InChI=1S/C15H18FNO3/c1-19-15(18)20-14-8-11(12-6-7-13(14)17-12)9-2-4-10(16)5-3-9/h2-5,11-14,17H,6-8H2,1H3/t11-,12?,13?,14+/m1/s1. The summed E-state index contributed by atoms with van der Waals surface area (Å²) in [5.41, 5.74) is 1.09. The maximum Gasteiger partial charge on any atom is 0.508 e. The van der Waals surface area contributed by atoms with Crippen molar-refractivity contribution in [1.29, 1.82) is 0 Å². The lowest BCUT2D eigenvalue weighted by atomic mass is 9.84. The number of benzene rings is 1. The SMILES string of the molecule is COC(=O)O[C@H]1C[C@H](c2ccc(F)cc2)C2CCC1N2. The maximum absolute atomic E-state index is 13.0. The van der Waals surface area contributed by atoms with Gasteiger partial charge >= 0.3 is 6.16 Å². The summed E-state index contributed by atoms with van der Waals surface area (Å²) in [6.07, 6.45) is 1.97. The molecule has 0 aromatic heterocycles. The Labute approximate surface area is 117 Å². The van der Waals surface area contributed by atoms with E-state index in [0.717, 1.165) is 24.8 Å². The number of nitrogens with one attached hydrogen (secondary N) is 1. The van der Waals surface area contributed by atoms with Gasteiger partial charge in [-0.1, -0.05) is 12.1 Å². The van der Waals surface area contributed by atoms with E-state index in [0.29, 0.717) is 6.04 Å². The molecule has 20 heavy (non-hydrogen) atoms. The Bertz CT molecular complexity index is 490. The summed E-state index contributed by atoms with van der Waals surface area (Å²) in [6.45, 7) is 0. The number of ether oxygens (including phenoxy) is 2. The maximum atomic E-state index is 13.0. The summed E-state index contributed by atoms with van der Waals surface area (Å²) >= 11 is 0. The number of carbonyl (C=O) groups is 1. The van der Waals surface area contributed by atoms with Gasteiger partial charge in [0.2, 0.25) is 0 Å². The smallest absolute Gasteiger partial charge is 0.438 e. The Balaban J connectivity index is 1.77. The predicted octanol–water partition coefficient (Wildman–Crippen LogP) is 2.59. The molecule has 0 spiro atoms. The van der Waals surface area contributed by atoms with E-state index >= 15 is 0 Å². The molecule has 1 aromatic rings. The molecule has 1 N–H and O–H groups in total. The van der Waals surface area contributed by atoms with Crippen molar-refractivity contribution in [3.8, 4) is 0 Å². The van der Waals surface area contributed by atoms with Gasteiger partial charge in [0.05, 0.1) is 7.11 Å². The minimum Gasteiger partial charge on any atom is -0.438 e. The molecule has 3 rings (SSSR count). The van der Waals surface area contributed by atoms with Crippen LogP contribution in [-0.2, 0) is 9.47 Å². The largest absolute Gasteiger partial charge is 0.508 e. The van der Waals surface area contributed by atoms with Gasteiger partial charge in [0.1, 0.15) is 11.9 Å². The third-order valence-electron chi connectivity index (χ3n) is 4.35. The molecule has 2 aliphatic rings. The third kappa shape index (κ3) is 2.50. The summed E-state index contributed by atoms with van der Waals surface area (Å²) in [5, 5.41) is 3.51. The average Bonchev–Trinajstić information content (AvgIpc) is 2.88. The lowest BCUT2D eigenvalue weighted by molar-refractivity contribution is 0.00892. The number of hydrogen-bond acceptors (Lipinski definition) is 4. The van der Waals surface area contributed by atoms with E-state index in [4.69, 9.17) is 4.74 Å². The van der Waals surface area contributed by atoms with Gasteiger partial charge in [-0.3, -0.25) is 0 Å². The zero-order valence-electron chi connectivity index (χ0n) is 11.3. The monoisotopic (exact) mass is 279 g/mol. The fourth-order valence-electron chi connectivity index (χ4n) is 3.37. The van der Waals surface area contributed by atoms with Gasteiger partial charge < -0.3 is 14.8 Å². The Morgan fingerprint density at radius 1 is 1.25 bits per heavy atom. The molecule has 0 aliphatic carbocycles. The number of carbonyl (C=O) groups excluding carboxylic acids is 1.